The van der Waals surface area contributed by atoms with Crippen LogP contribution < -0.4 is 0 Å². The first-order valence-corrected chi connectivity index (χ1v) is 8.50. The second-order valence-corrected chi connectivity index (χ2v) is 6.75. The molecule has 1 fully saturated rings. The number of likely N-dealkylation sites (tertiary alicyclic amines) is 1. The van der Waals surface area contributed by atoms with Crippen LogP contribution in [-0.4, -0.2) is 40.6 Å². The van der Waals surface area contributed by atoms with E-state index in [1.807, 2.05) is 30.4 Å². The summed E-state index contributed by atoms with van der Waals surface area (Å²) in [7, 11) is 0. The maximum atomic E-state index is 12.6. The van der Waals surface area contributed by atoms with E-state index in [4.69, 9.17) is 0 Å². The van der Waals surface area contributed by atoms with Crippen LogP contribution in [0.4, 0.5) is 0 Å². The van der Waals surface area contributed by atoms with Crippen LogP contribution in [0.2, 0.25) is 0 Å². The second-order valence-electron chi connectivity index (χ2n) is 6.75. The van der Waals surface area contributed by atoms with E-state index in [0.29, 0.717) is 25.9 Å². The van der Waals surface area contributed by atoms with Gasteiger partial charge in [-0.05, 0) is 30.4 Å². The highest BCUT2D eigenvalue weighted by molar-refractivity contribution is 6.07. The fraction of sp³-hybridized carbons (Fsp3) is 0.421. The summed E-state index contributed by atoms with van der Waals surface area (Å²) >= 11 is 0. The summed E-state index contributed by atoms with van der Waals surface area (Å²) < 4.78 is 0. The van der Waals surface area contributed by atoms with Crippen molar-refractivity contribution in [2.75, 3.05) is 13.1 Å². The molecule has 4 rings (SSSR count). The number of hydrogen-bond acceptors (Lipinski definition) is 3. The zero-order valence-corrected chi connectivity index (χ0v) is 13.5. The first-order chi connectivity index (χ1) is 11.6. The van der Waals surface area contributed by atoms with Gasteiger partial charge in [-0.1, -0.05) is 36.4 Å². The number of imide groups is 1. The Kier molecular flexibility index (Phi) is 3.71. The zero-order valence-electron chi connectivity index (χ0n) is 13.5. The molecule has 24 heavy (non-hydrogen) atoms. The molecule has 1 aromatic rings. The van der Waals surface area contributed by atoms with Gasteiger partial charge >= 0.3 is 0 Å². The molecule has 5 heteroatoms. The van der Waals surface area contributed by atoms with Gasteiger partial charge in [-0.25, -0.2) is 0 Å². The van der Waals surface area contributed by atoms with Crippen molar-refractivity contribution in [3.63, 3.8) is 0 Å². The highest BCUT2D eigenvalue weighted by atomic mass is 16.2. The Balaban J connectivity index is 1.45. The molecule has 2 aliphatic heterocycles. The molecule has 2 atom stereocenters. The van der Waals surface area contributed by atoms with Gasteiger partial charge in [0.25, 0.3) is 0 Å². The van der Waals surface area contributed by atoms with Crippen LogP contribution in [0.1, 0.15) is 24.0 Å². The van der Waals surface area contributed by atoms with Gasteiger partial charge in [0, 0.05) is 13.1 Å². The van der Waals surface area contributed by atoms with Crippen molar-refractivity contribution in [3.8, 4) is 0 Å². The Labute approximate surface area is 140 Å². The molecule has 0 spiro atoms. The molecule has 2 heterocycles. The molecular formula is C19H20N2O3. The molecule has 3 amide bonds. The summed E-state index contributed by atoms with van der Waals surface area (Å²) in [5.74, 6) is -1.03. The highest BCUT2D eigenvalue weighted by Gasteiger charge is 2.47. The van der Waals surface area contributed by atoms with Gasteiger partial charge in [0.15, 0.2) is 0 Å². The third kappa shape index (κ3) is 2.44. The molecule has 1 aromatic carbocycles. The van der Waals surface area contributed by atoms with Crippen molar-refractivity contribution in [2.45, 2.75) is 25.8 Å². The number of benzene rings is 1. The predicted molar refractivity (Wildman–Crippen MR) is 87.6 cm³/mol. The Bertz CT molecular complexity index is 714. The van der Waals surface area contributed by atoms with Crippen molar-refractivity contribution >= 4 is 17.7 Å². The molecule has 1 saturated heterocycles. The number of carbonyl (C=O) groups is 3. The SMILES string of the molecule is O=C(CN1C(=O)[C@@H]2CC=CC[C@H]2C1=O)N1CCc2ccccc2C1. The van der Waals surface area contributed by atoms with Crippen molar-refractivity contribution in [1.82, 2.24) is 9.80 Å². The van der Waals surface area contributed by atoms with Crippen LogP contribution in [0, 0.1) is 11.8 Å². The van der Waals surface area contributed by atoms with Gasteiger partial charge in [-0.3, -0.25) is 19.3 Å². The Morgan fingerprint density at radius 3 is 2.29 bits per heavy atom. The van der Waals surface area contributed by atoms with Gasteiger partial charge in [-0.2, -0.15) is 0 Å². The average molecular weight is 324 g/mol. The normalized spacial score (nSPS) is 25.7. The number of allylic oxidation sites excluding steroid dienone is 2. The van der Waals surface area contributed by atoms with Crippen LogP contribution >= 0.6 is 0 Å². The van der Waals surface area contributed by atoms with E-state index in [9.17, 15) is 14.4 Å². The van der Waals surface area contributed by atoms with E-state index in [-0.39, 0.29) is 36.1 Å². The van der Waals surface area contributed by atoms with E-state index in [0.717, 1.165) is 12.0 Å². The molecule has 0 aromatic heterocycles. The Hall–Kier alpha value is -2.43. The summed E-state index contributed by atoms with van der Waals surface area (Å²) in [6.07, 6.45) is 5.95. The molecule has 0 radical (unpaired) electrons. The van der Waals surface area contributed by atoms with Gasteiger partial charge < -0.3 is 4.90 Å². The fourth-order valence-corrected chi connectivity index (χ4v) is 3.97. The predicted octanol–water partition coefficient (Wildman–Crippen LogP) is 1.52. The molecule has 0 bridgehead atoms. The molecule has 0 unspecified atom stereocenters. The zero-order chi connectivity index (χ0) is 16.7. The Morgan fingerprint density at radius 2 is 1.62 bits per heavy atom. The lowest BCUT2D eigenvalue weighted by atomic mass is 9.85. The Morgan fingerprint density at radius 1 is 1.00 bits per heavy atom. The number of hydrogen-bond donors (Lipinski definition) is 0. The van der Waals surface area contributed by atoms with Crippen LogP contribution in [0.25, 0.3) is 0 Å². The summed E-state index contributed by atoms with van der Waals surface area (Å²) in [5.41, 5.74) is 2.42. The largest absolute Gasteiger partial charge is 0.336 e. The van der Waals surface area contributed by atoms with E-state index in [1.165, 1.54) is 10.5 Å². The number of fused-ring (bicyclic) bond motifs is 2. The quantitative estimate of drug-likeness (QED) is 0.612. The minimum atomic E-state index is -0.266. The van der Waals surface area contributed by atoms with Crippen molar-refractivity contribution in [3.05, 3.63) is 47.5 Å². The number of nitrogens with zero attached hydrogens (tertiary/aromatic N) is 2. The topological polar surface area (TPSA) is 57.7 Å². The first kappa shape index (κ1) is 15.1. The summed E-state index contributed by atoms with van der Waals surface area (Å²) in [5, 5.41) is 0. The fourth-order valence-electron chi connectivity index (χ4n) is 3.97. The van der Waals surface area contributed by atoms with Crippen molar-refractivity contribution in [1.29, 1.82) is 0 Å². The highest BCUT2D eigenvalue weighted by Crippen LogP contribution is 2.35. The van der Waals surface area contributed by atoms with Crippen molar-refractivity contribution < 1.29 is 14.4 Å². The summed E-state index contributed by atoms with van der Waals surface area (Å²) in [6.45, 7) is 1.08. The first-order valence-electron chi connectivity index (χ1n) is 8.50. The third-order valence-electron chi connectivity index (χ3n) is 5.38. The van der Waals surface area contributed by atoms with Crippen LogP contribution in [-0.2, 0) is 27.3 Å². The van der Waals surface area contributed by atoms with Crippen LogP contribution in [0.3, 0.4) is 0 Å². The minimum Gasteiger partial charge on any atom is -0.336 e. The lowest BCUT2D eigenvalue weighted by Gasteiger charge is -2.30. The van der Waals surface area contributed by atoms with Gasteiger partial charge in [0.2, 0.25) is 17.7 Å². The number of amides is 3. The molecule has 3 aliphatic rings. The summed E-state index contributed by atoms with van der Waals surface area (Å²) in [6, 6.07) is 8.09. The maximum absolute atomic E-state index is 12.6. The lowest BCUT2D eigenvalue weighted by Crippen LogP contribution is -2.44. The molecule has 5 nitrogen and oxygen atoms in total. The monoisotopic (exact) mass is 324 g/mol. The average Bonchev–Trinajstić information content (AvgIpc) is 2.86. The van der Waals surface area contributed by atoms with Crippen molar-refractivity contribution in [2.24, 2.45) is 11.8 Å². The summed E-state index contributed by atoms with van der Waals surface area (Å²) in [4.78, 5) is 40.5. The van der Waals surface area contributed by atoms with E-state index in [1.54, 1.807) is 4.90 Å². The van der Waals surface area contributed by atoms with Gasteiger partial charge in [-0.15, -0.1) is 0 Å². The molecular weight excluding hydrogens is 304 g/mol. The van der Waals surface area contributed by atoms with E-state index < -0.39 is 0 Å². The van der Waals surface area contributed by atoms with E-state index >= 15 is 0 Å². The van der Waals surface area contributed by atoms with E-state index in [2.05, 4.69) is 6.07 Å². The molecule has 124 valence electrons. The standard InChI is InChI=1S/C19H20N2O3/c22-17(20-10-9-13-5-1-2-6-14(13)11-20)12-21-18(23)15-7-3-4-8-16(15)19(21)24/h1-6,15-16H,7-12H2/t15-,16-/m1/s1. The molecule has 0 saturated carbocycles. The maximum Gasteiger partial charge on any atom is 0.243 e. The lowest BCUT2D eigenvalue weighted by molar-refractivity contribution is -0.146. The number of rotatable bonds is 2. The third-order valence-corrected chi connectivity index (χ3v) is 5.38. The smallest absolute Gasteiger partial charge is 0.243 e. The van der Waals surface area contributed by atoms with Crippen LogP contribution in [0.15, 0.2) is 36.4 Å². The second kappa shape index (κ2) is 5.89. The number of carbonyl (C=O) groups excluding carboxylic acids is 3. The van der Waals surface area contributed by atoms with Gasteiger partial charge in [0.05, 0.1) is 11.8 Å². The molecule has 0 N–H and O–H groups in total. The van der Waals surface area contributed by atoms with Gasteiger partial charge in [0.1, 0.15) is 6.54 Å². The molecule has 1 aliphatic carbocycles. The van der Waals surface area contributed by atoms with Crippen LogP contribution in [0.5, 0.6) is 0 Å². The minimum absolute atomic E-state index is 0.118.